The van der Waals surface area contributed by atoms with Crippen molar-refractivity contribution in [2.24, 2.45) is 19.1 Å². The SMILES string of the molecule is CN=C(CCNC(=O)c1cc(NC(=O)c2cc(NC(=O)c3ccc(/C=C/c4nc5ccccc5s4)cc3)cn2C)cn1C)NC. The lowest BCUT2D eigenvalue weighted by Crippen LogP contribution is -2.30. The molecule has 11 nitrogen and oxygen atoms in total. The van der Waals surface area contributed by atoms with Gasteiger partial charge in [-0.05, 0) is 48.0 Å². The Bertz CT molecular complexity index is 1880. The second-order valence-corrected chi connectivity index (χ2v) is 11.3. The van der Waals surface area contributed by atoms with Crippen LogP contribution in [-0.4, -0.2) is 58.3 Å². The molecular formula is C33H34N8O3S. The van der Waals surface area contributed by atoms with E-state index in [0.29, 0.717) is 41.3 Å². The second-order valence-electron chi connectivity index (χ2n) is 10.3. The van der Waals surface area contributed by atoms with Gasteiger partial charge < -0.3 is 30.4 Å². The van der Waals surface area contributed by atoms with Crippen molar-refractivity contribution in [3.05, 3.63) is 101 Å². The fraction of sp³-hybridized carbons (Fsp3) is 0.182. The van der Waals surface area contributed by atoms with Crippen LogP contribution in [0.5, 0.6) is 0 Å². The van der Waals surface area contributed by atoms with Crippen molar-refractivity contribution in [1.29, 1.82) is 0 Å². The number of nitrogens with zero attached hydrogens (tertiary/aromatic N) is 4. The highest BCUT2D eigenvalue weighted by molar-refractivity contribution is 7.19. The Balaban J connectivity index is 1.17. The van der Waals surface area contributed by atoms with Crippen molar-refractivity contribution in [1.82, 2.24) is 24.8 Å². The Labute approximate surface area is 264 Å². The van der Waals surface area contributed by atoms with Gasteiger partial charge in [-0.1, -0.05) is 30.3 Å². The maximum absolute atomic E-state index is 13.1. The van der Waals surface area contributed by atoms with E-state index in [0.717, 1.165) is 26.6 Å². The maximum atomic E-state index is 13.1. The lowest BCUT2D eigenvalue weighted by Gasteiger charge is -2.07. The number of aliphatic imine (C=N–C) groups is 1. The Morgan fingerprint density at radius 1 is 0.867 bits per heavy atom. The summed E-state index contributed by atoms with van der Waals surface area (Å²) in [6, 6.07) is 18.5. The minimum atomic E-state index is -0.377. The molecule has 2 aromatic carbocycles. The van der Waals surface area contributed by atoms with Gasteiger partial charge in [0.2, 0.25) is 0 Å². The summed E-state index contributed by atoms with van der Waals surface area (Å²) >= 11 is 1.62. The zero-order chi connectivity index (χ0) is 31.9. The molecule has 0 fully saturated rings. The number of carbonyl (C=O) groups excluding carboxylic acids is 3. The molecule has 3 heterocycles. The van der Waals surface area contributed by atoms with Crippen LogP contribution in [0.25, 0.3) is 22.4 Å². The van der Waals surface area contributed by atoms with E-state index in [1.165, 1.54) is 0 Å². The van der Waals surface area contributed by atoms with Crippen LogP contribution in [0.4, 0.5) is 11.4 Å². The van der Waals surface area contributed by atoms with E-state index in [1.807, 2.05) is 48.6 Å². The van der Waals surface area contributed by atoms with E-state index in [1.54, 1.807) is 85.3 Å². The quantitative estimate of drug-likeness (QED) is 0.128. The number of amides is 3. The highest BCUT2D eigenvalue weighted by Gasteiger charge is 2.17. The van der Waals surface area contributed by atoms with Crippen molar-refractivity contribution in [2.45, 2.75) is 6.42 Å². The number of aromatic nitrogens is 3. The fourth-order valence-corrected chi connectivity index (χ4v) is 5.59. The third-order valence-corrected chi connectivity index (χ3v) is 8.10. The first kappa shape index (κ1) is 31.0. The first-order valence-corrected chi connectivity index (χ1v) is 15.1. The van der Waals surface area contributed by atoms with Crippen LogP contribution in [0.1, 0.15) is 48.3 Å². The average molecular weight is 623 g/mol. The van der Waals surface area contributed by atoms with Gasteiger partial charge in [-0.2, -0.15) is 0 Å². The first-order chi connectivity index (χ1) is 21.7. The van der Waals surface area contributed by atoms with Crippen molar-refractivity contribution in [3.63, 3.8) is 0 Å². The second kappa shape index (κ2) is 13.9. The van der Waals surface area contributed by atoms with Crippen molar-refractivity contribution >= 4 is 68.6 Å². The summed E-state index contributed by atoms with van der Waals surface area (Å²) in [4.78, 5) is 47.4. The number of aryl methyl sites for hydroxylation is 2. The van der Waals surface area contributed by atoms with Gasteiger partial charge in [0.05, 0.1) is 27.4 Å². The van der Waals surface area contributed by atoms with Gasteiger partial charge in [0, 0.05) is 59.1 Å². The molecule has 0 atom stereocenters. The van der Waals surface area contributed by atoms with Crippen LogP contribution in [0.3, 0.4) is 0 Å². The van der Waals surface area contributed by atoms with E-state index in [4.69, 9.17) is 0 Å². The summed E-state index contributed by atoms with van der Waals surface area (Å²) in [7, 11) is 6.93. The smallest absolute Gasteiger partial charge is 0.272 e. The average Bonchev–Trinajstić information content (AvgIpc) is 3.74. The number of nitrogens with one attached hydrogen (secondary N) is 4. The molecule has 45 heavy (non-hydrogen) atoms. The van der Waals surface area contributed by atoms with E-state index < -0.39 is 0 Å². The summed E-state index contributed by atoms with van der Waals surface area (Å²) in [6.45, 7) is 0.420. The molecule has 4 N–H and O–H groups in total. The molecule has 0 saturated carbocycles. The molecule has 5 rings (SSSR count). The monoisotopic (exact) mass is 622 g/mol. The van der Waals surface area contributed by atoms with E-state index in [2.05, 4.69) is 31.2 Å². The number of carbonyl (C=O) groups is 3. The van der Waals surface area contributed by atoms with Crippen LogP contribution in [0, 0.1) is 0 Å². The number of para-hydroxylation sites is 1. The van der Waals surface area contributed by atoms with Gasteiger partial charge in [-0.3, -0.25) is 19.4 Å². The number of hydrogen-bond acceptors (Lipinski definition) is 6. The summed E-state index contributed by atoms with van der Waals surface area (Å²) in [6.07, 6.45) is 7.85. The Morgan fingerprint density at radius 2 is 1.51 bits per heavy atom. The molecule has 3 aromatic heterocycles. The summed E-state index contributed by atoms with van der Waals surface area (Å²) in [5, 5.41) is 12.4. The van der Waals surface area contributed by atoms with Gasteiger partial charge >= 0.3 is 0 Å². The number of thiazole rings is 1. The van der Waals surface area contributed by atoms with Crippen molar-refractivity contribution < 1.29 is 14.4 Å². The molecule has 0 spiro atoms. The lowest BCUT2D eigenvalue weighted by atomic mass is 10.1. The molecule has 0 aliphatic heterocycles. The van der Waals surface area contributed by atoms with Crippen molar-refractivity contribution in [2.75, 3.05) is 31.3 Å². The van der Waals surface area contributed by atoms with Crippen LogP contribution in [0.15, 0.2) is 78.0 Å². The number of hydrogen-bond donors (Lipinski definition) is 4. The fourth-order valence-electron chi connectivity index (χ4n) is 4.72. The third-order valence-electron chi connectivity index (χ3n) is 7.10. The van der Waals surface area contributed by atoms with Crippen LogP contribution >= 0.6 is 11.3 Å². The molecule has 0 saturated heterocycles. The topological polar surface area (TPSA) is 134 Å². The number of anilines is 2. The highest BCUT2D eigenvalue weighted by atomic mass is 32.1. The largest absolute Gasteiger partial charge is 0.377 e. The summed E-state index contributed by atoms with van der Waals surface area (Å²) < 4.78 is 4.42. The minimum Gasteiger partial charge on any atom is -0.377 e. The lowest BCUT2D eigenvalue weighted by molar-refractivity contribution is 0.0945. The standard InChI is InChI=1S/C33H34N8O3S/c1-34-29(35-2)15-16-36-32(43)26-17-24(20-40(26)3)38-33(44)27-18-23(19-41(27)4)37-31(42)22-12-9-21(10-13-22)11-14-30-39-25-7-5-6-8-28(25)45-30/h5-14,17-20H,15-16H2,1-4H3,(H,34,35)(H,36,43)(H,37,42)(H,38,44)/b14-11+. The van der Waals surface area contributed by atoms with Gasteiger partial charge in [0.15, 0.2) is 0 Å². The van der Waals surface area contributed by atoms with Crippen LogP contribution < -0.4 is 21.3 Å². The molecule has 230 valence electrons. The molecule has 0 aliphatic carbocycles. The zero-order valence-electron chi connectivity index (χ0n) is 25.4. The minimum absolute atomic E-state index is 0.259. The Kier molecular flexibility index (Phi) is 9.54. The number of amidine groups is 1. The molecule has 5 aromatic rings. The summed E-state index contributed by atoms with van der Waals surface area (Å²) in [5.41, 5.74) is 4.11. The molecular weight excluding hydrogens is 588 g/mol. The molecule has 0 aliphatic rings. The Morgan fingerprint density at radius 3 is 2.16 bits per heavy atom. The van der Waals surface area contributed by atoms with Crippen LogP contribution in [-0.2, 0) is 14.1 Å². The van der Waals surface area contributed by atoms with Gasteiger partial charge in [0.25, 0.3) is 17.7 Å². The number of rotatable bonds is 10. The molecule has 0 radical (unpaired) electrons. The number of benzene rings is 2. The van der Waals surface area contributed by atoms with Crippen molar-refractivity contribution in [3.8, 4) is 0 Å². The summed E-state index contributed by atoms with van der Waals surface area (Å²) in [5.74, 6) is -0.139. The normalized spacial score (nSPS) is 11.6. The van der Waals surface area contributed by atoms with Gasteiger partial charge in [-0.15, -0.1) is 11.3 Å². The molecule has 0 unspecified atom stereocenters. The first-order valence-electron chi connectivity index (χ1n) is 14.2. The van der Waals surface area contributed by atoms with E-state index in [-0.39, 0.29) is 17.7 Å². The predicted molar refractivity (Wildman–Crippen MR) is 181 cm³/mol. The van der Waals surface area contributed by atoms with E-state index in [9.17, 15) is 14.4 Å². The zero-order valence-corrected chi connectivity index (χ0v) is 26.2. The third kappa shape index (κ3) is 7.54. The maximum Gasteiger partial charge on any atom is 0.272 e. The highest BCUT2D eigenvalue weighted by Crippen LogP contribution is 2.23. The van der Waals surface area contributed by atoms with Gasteiger partial charge in [0.1, 0.15) is 16.4 Å². The molecule has 3 amide bonds. The number of fused-ring (bicyclic) bond motifs is 1. The Hall–Kier alpha value is -5.49. The molecule has 0 bridgehead atoms. The molecule has 12 heteroatoms. The van der Waals surface area contributed by atoms with Gasteiger partial charge in [-0.25, -0.2) is 4.98 Å². The van der Waals surface area contributed by atoms with Crippen LogP contribution in [0.2, 0.25) is 0 Å². The van der Waals surface area contributed by atoms with E-state index >= 15 is 0 Å². The predicted octanol–water partition coefficient (Wildman–Crippen LogP) is 5.02.